The predicted molar refractivity (Wildman–Crippen MR) is 116 cm³/mol. The lowest BCUT2D eigenvalue weighted by atomic mass is 10.2. The van der Waals surface area contributed by atoms with Gasteiger partial charge in [-0.05, 0) is 37.9 Å². The summed E-state index contributed by atoms with van der Waals surface area (Å²) in [6, 6.07) is 15.7. The van der Waals surface area contributed by atoms with E-state index >= 15 is 0 Å². The molecule has 0 spiro atoms. The van der Waals surface area contributed by atoms with Crippen LogP contribution in [0, 0.1) is 0 Å². The molecule has 154 valence electrons. The van der Waals surface area contributed by atoms with E-state index in [1.54, 1.807) is 30.6 Å². The van der Waals surface area contributed by atoms with Crippen LogP contribution < -0.4 is 16.0 Å². The second-order valence-electron chi connectivity index (χ2n) is 6.50. The Morgan fingerprint density at radius 3 is 2.38 bits per heavy atom. The number of imide groups is 1. The van der Waals surface area contributed by atoms with Crippen LogP contribution in [0.4, 0.5) is 10.5 Å². The number of benzene rings is 2. The van der Waals surface area contributed by atoms with Gasteiger partial charge >= 0.3 is 6.03 Å². The average Bonchev–Trinajstić information content (AvgIpc) is 2.72. The molecule has 0 saturated heterocycles. The molecule has 0 fully saturated rings. The summed E-state index contributed by atoms with van der Waals surface area (Å²) in [5, 5.41) is 7.80. The SMILES string of the molecule is CSc1ccccc1NC(=O)CN(C)C(C)C(=O)NC(=O)NCc1ccccc1. The van der Waals surface area contributed by atoms with Crippen LogP contribution in [0.25, 0.3) is 0 Å². The molecule has 2 aromatic rings. The van der Waals surface area contributed by atoms with Crippen molar-refractivity contribution >= 4 is 35.3 Å². The van der Waals surface area contributed by atoms with E-state index in [0.717, 1.165) is 16.1 Å². The third-order valence-corrected chi connectivity index (χ3v) is 5.14. The van der Waals surface area contributed by atoms with E-state index in [4.69, 9.17) is 0 Å². The minimum absolute atomic E-state index is 0.0168. The van der Waals surface area contributed by atoms with Crippen LogP contribution in [0.2, 0.25) is 0 Å². The smallest absolute Gasteiger partial charge is 0.321 e. The van der Waals surface area contributed by atoms with Gasteiger partial charge in [0.15, 0.2) is 0 Å². The molecule has 7 nitrogen and oxygen atoms in total. The maximum Gasteiger partial charge on any atom is 0.321 e. The first-order chi connectivity index (χ1) is 13.9. The highest BCUT2D eigenvalue weighted by atomic mass is 32.2. The van der Waals surface area contributed by atoms with Crippen molar-refractivity contribution in [3.8, 4) is 0 Å². The number of anilines is 1. The van der Waals surface area contributed by atoms with E-state index in [9.17, 15) is 14.4 Å². The second-order valence-corrected chi connectivity index (χ2v) is 7.35. The van der Waals surface area contributed by atoms with Crippen LogP contribution in [0.15, 0.2) is 59.5 Å². The van der Waals surface area contributed by atoms with Crippen molar-refractivity contribution < 1.29 is 14.4 Å². The number of nitrogens with one attached hydrogen (secondary N) is 3. The number of rotatable bonds is 8. The normalized spacial score (nSPS) is 11.6. The van der Waals surface area contributed by atoms with Gasteiger partial charge in [-0.25, -0.2) is 4.79 Å². The average molecular weight is 415 g/mol. The number of urea groups is 1. The highest BCUT2D eigenvalue weighted by molar-refractivity contribution is 7.98. The largest absolute Gasteiger partial charge is 0.334 e. The van der Waals surface area contributed by atoms with Gasteiger partial charge in [0.05, 0.1) is 18.3 Å². The van der Waals surface area contributed by atoms with Crippen molar-refractivity contribution in [3.63, 3.8) is 0 Å². The van der Waals surface area contributed by atoms with Gasteiger partial charge in [0, 0.05) is 11.4 Å². The molecule has 29 heavy (non-hydrogen) atoms. The summed E-state index contributed by atoms with van der Waals surface area (Å²) in [4.78, 5) is 39.1. The zero-order valence-electron chi connectivity index (χ0n) is 16.8. The molecule has 0 saturated carbocycles. The van der Waals surface area contributed by atoms with Crippen molar-refractivity contribution in [2.75, 3.05) is 25.2 Å². The molecule has 0 aliphatic rings. The number of amides is 4. The fourth-order valence-corrected chi connectivity index (χ4v) is 3.09. The molecular weight excluding hydrogens is 388 g/mol. The quantitative estimate of drug-likeness (QED) is 0.578. The zero-order valence-corrected chi connectivity index (χ0v) is 17.6. The summed E-state index contributed by atoms with van der Waals surface area (Å²) >= 11 is 1.54. The number of nitrogens with zero attached hydrogens (tertiary/aromatic N) is 1. The molecule has 0 radical (unpaired) electrons. The molecule has 0 aliphatic heterocycles. The van der Waals surface area contributed by atoms with Crippen LogP contribution in [0.5, 0.6) is 0 Å². The summed E-state index contributed by atoms with van der Waals surface area (Å²) in [6.45, 7) is 1.98. The number of hydrogen-bond donors (Lipinski definition) is 3. The van der Waals surface area contributed by atoms with Gasteiger partial charge in [-0.1, -0.05) is 42.5 Å². The number of carbonyl (C=O) groups excluding carboxylic acids is 3. The molecular formula is C21H26N4O3S. The van der Waals surface area contributed by atoms with Gasteiger partial charge < -0.3 is 10.6 Å². The molecule has 0 aromatic heterocycles. The Morgan fingerprint density at radius 1 is 1.03 bits per heavy atom. The first kappa shape index (κ1) is 22.4. The third-order valence-electron chi connectivity index (χ3n) is 4.35. The molecule has 2 aromatic carbocycles. The predicted octanol–water partition coefficient (Wildman–Crippen LogP) is 2.69. The maximum absolute atomic E-state index is 12.3. The fourth-order valence-electron chi connectivity index (χ4n) is 2.54. The van der Waals surface area contributed by atoms with Crippen molar-refractivity contribution in [1.29, 1.82) is 0 Å². The number of likely N-dealkylation sites (N-methyl/N-ethyl adjacent to an activating group) is 1. The van der Waals surface area contributed by atoms with E-state index in [1.165, 1.54) is 0 Å². The van der Waals surface area contributed by atoms with E-state index in [1.807, 2.05) is 60.9 Å². The van der Waals surface area contributed by atoms with Crippen molar-refractivity contribution in [1.82, 2.24) is 15.5 Å². The van der Waals surface area contributed by atoms with Gasteiger partial charge in [-0.2, -0.15) is 0 Å². The standard InChI is InChI=1S/C21H26N4O3S/c1-15(20(27)24-21(28)22-13-16-9-5-4-6-10-16)25(2)14-19(26)23-17-11-7-8-12-18(17)29-3/h4-12,15H,13-14H2,1-3H3,(H,23,26)(H2,22,24,27,28). The molecule has 1 unspecified atom stereocenters. The van der Waals surface area contributed by atoms with Gasteiger partial charge in [0.25, 0.3) is 0 Å². The Bertz CT molecular complexity index is 845. The van der Waals surface area contributed by atoms with Gasteiger partial charge in [-0.3, -0.25) is 19.8 Å². The van der Waals surface area contributed by atoms with E-state index in [-0.39, 0.29) is 12.5 Å². The van der Waals surface area contributed by atoms with Gasteiger partial charge in [-0.15, -0.1) is 11.8 Å². The maximum atomic E-state index is 12.3. The lowest BCUT2D eigenvalue weighted by molar-refractivity contribution is -0.125. The first-order valence-corrected chi connectivity index (χ1v) is 10.4. The molecule has 0 bridgehead atoms. The topological polar surface area (TPSA) is 90.5 Å². The molecule has 1 atom stereocenters. The number of carbonyl (C=O) groups is 3. The zero-order chi connectivity index (χ0) is 21.2. The van der Waals surface area contributed by atoms with Crippen molar-refractivity contribution in [2.45, 2.75) is 24.4 Å². The number of para-hydroxylation sites is 1. The minimum atomic E-state index is -0.654. The molecule has 0 aliphatic carbocycles. The van der Waals surface area contributed by atoms with E-state index in [0.29, 0.717) is 6.54 Å². The summed E-state index contributed by atoms with van der Waals surface area (Å²) < 4.78 is 0. The summed E-state index contributed by atoms with van der Waals surface area (Å²) in [5.74, 6) is -0.711. The van der Waals surface area contributed by atoms with E-state index < -0.39 is 18.0 Å². The second kappa shape index (κ2) is 11.2. The first-order valence-electron chi connectivity index (χ1n) is 9.16. The monoisotopic (exact) mass is 414 g/mol. The van der Waals surface area contributed by atoms with Crippen molar-refractivity contribution in [3.05, 3.63) is 60.2 Å². The summed E-state index contributed by atoms with van der Waals surface area (Å²) in [7, 11) is 1.66. The van der Waals surface area contributed by atoms with Crippen LogP contribution in [0.1, 0.15) is 12.5 Å². The van der Waals surface area contributed by atoms with Crippen LogP contribution >= 0.6 is 11.8 Å². The fraction of sp³-hybridized carbons (Fsp3) is 0.286. The van der Waals surface area contributed by atoms with Crippen molar-refractivity contribution in [2.24, 2.45) is 0 Å². The molecule has 2 rings (SSSR count). The molecule has 8 heteroatoms. The Balaban J connectivity index is 1.80. The minimum Gasteiger partial charge on any atom is -0.334 e. The lowest BCUT2D eigenvalue weighted by Gasteiger charge is -2.23. The van der Waals surface area contributed by atoms with E-state index in [2.05, 4.69) is 16.0 Å². The van der Waals surface area contributed by atoms with Crippen LogP contribution in [-0.4, -0.2) is 48.6 Å². The Kier molecular flexibility index (Phi) is 8.69. The number of hydrogen-bond acceptors (Lipinski definition) is 5. The van der Waals surface area contributed by atoms with Gasteiger partial charge in [0.2, 0.25) is 11.8 Å². The Morgan fingerprint density at radius 2 is 1.69 bits per heavy atom. The van der Waals surface area contributed by atoms with Crippen LogP contribution in [0.3, 0.4) is 0 Å². The Hall–Kier alpha value is -2.84. The number of thioether (sulfide) groups is 1. The lowest BCUT2D eigenvalue weighted by Crippen LogP contribution is -2.49. The summed E-state index contributed by atoms with van der Waals surface area (Å²) in [5.41, 5.74) is 1.67. The van der Waals surface area contributed by atoms with Gasteiger partial charge in [0.1, 0.15) is 0 Å². The highest BCUT2D eigenvalue weighted by Crippen LogP contribution is 2.24. The molecule has 0 heterocycles. The molecule has 3 N–H and O–H groups in total. The highest BCUT2D eigenvalue weighted by Gasteiger charge is 2.22. The third kappa shape index (κ3) is 7.24. The molecule has 4 amide bonds. The summed E-state index contributed by atoms with van der Waals surface area (Å²) in [6.07, 6.45) is 1.94. The van der Waals surface area contributed by atoms with Crippen LogP contribution in [-0.2, 0) is 16.1 Å². The Labute approximate surface area is 175 Å².